The van der Waals surface area contributed by atoms with Crippen LogP contribution in [0.3, 0.4) is 0 Å². The number of carbonyl (C=O) groups excluding carboxylic acids is 1. The summed E-state index contributed by atoms with van der Waals surface area (Å²) in [7, 11) is 1.95. The SMILES string of the molecule is CNC(C)C1CCCCN1CC(=O)Nc1cccc(F)c1. The normalized spacial score (nSPS) is 21.0. The third-order valence-corrected chi connectivity index (χ3v) is 4.15. The summed E-state index contributed by atoms with van der Waals surface area (Å²) in [6, 6.07) is 6.73. The van der Waals surface area contributed by atoms with Gasteiger partial charge in [0.1, 0.15) is 5.82 Å². The number of likely N-dealkylation sites (tertiary alicyclic amines) is 1. The molecule has 1 aliphatic heterocycles. The summed E-state index contributed by atoms with van der Waals surface area (Å²) in [6.07, 6.45) is 3.44. The van der Waals surface area contributed by atoms with Crippen molar-refractivity contribution < 1.29 is 9.18 Å². The van der Waals surface area contributed by atoms with Crippen molar-refractivity contribution in [1.82, 2.24) is 10.2 Å². The number of hydrogen-bond donors (Lipinski definition) is 2. The molecule has 2 N–H and O–H groups in total. The molecule has 0 spiro atoms. The van der Waals surface area contributed by atoms with Gasteiger partial charge in [-0.05, 0) is 51.6 Å². The van der Waals surface area contributed by atoms with Crippen LogP contribution in [0.5, 0.6) is 0 Å². The minimum Gasteiger partial charge on any atom is -0.325 e. The van der Waals surface area contributed by atoms with Gasteiger partial charge in [0.2, 0.25) is 5.91 Å². The van der Waals surface area contributed by atoms with Gasteiger partial charge in [0.25, 0.3) is 0 Å². The molecule has 0 aliphatic carbocycles. The Morgan fingerprint density at radius 1 is 1.48 bits per heavy atom. The molecule has 0 saturated carbocycles. The van der Waals surface area contributed by atoms with Gasteiger partial charge in [-0.2, -0.15) is 0 Å². The number of halogens is 1. The summed E-state index contributed by atoms with van der Waals surface area (Å²) in [6.45, 7) is 3.44. The minimum atomic E-state index is -0.340. The van der Waals surface area contributed by atoms with Crippen LogP contribution in [-0.2, 0) is 4.79 Å². The molecule has 0 radical (unpaired) electrons. The number of nitrogens with zero attached hydrogens (tertiary/aromatic N) is 1. The molecule has 1 saturated heterocycles. The molecule has 116 valence electrons. The predicted molar refractivity (Wildman–Crippen MR) is 82.8 cm³/mol. The van der Waals surface area contributed by atoms with Gasteiger partial charge < -0.3 is 10.6 Å². The van der Waals surface area contributed by atoms with Gasteiger partial charge in [-0.25, -0.2) is 4.39 Å². The Balaban J connectivity index is 1.94. The fourth-order valence-electron chi connectivity index (χ4n) is 2.92. The first-order valence-electron chi connectivity index (χ1n) is 7.57. The number of piperidine rings is 1. The Morgan fingerprint density at radius 3 is 3.00 bits per heavy atom. The van der Waals surface area contributed by atoms with Gasteiger partial charge in [0.15, 0.2) is 0 Å². The fourth-order valence-corrected chi connectivity index (χ4v) is 2.92. The van der Waals surface area contributed by atoms with Gasteiger partial charge in [0.05, 0.1) is 6.54 Å². The lowest BCUT2D eigenvalue weighted by atomic mass is 9.96. The standard InChI is InChI=1S/C16H24FN3O/c1-12(18-2)15-8-3-4-9-20(15)11-16(21)19-14-7-5-6-13(17)10-14/h5-7,10,12,15,18H,3-4,8-9,11H2,1-2H3,(H,19,21). The lowest BCUT2D eigenvalue weighted by molar-refractivity contribution is -0.118. The van der Waals surface area contributed by atoms with Gasteiger partial charge in [0, 0.05) is 17.8 Å². The topological polar surface area (TPSA) is 44.4 Å². The first-order valence-corrected chi connectivity index (χ1v) is 7.57. The fraction of sp³-hybridized carbons (Fsp3) is 0.562. The van der Waals surface area contributed by atoms with E-state index < -0.39 is 0 Å². The van der Waals surface area contributed by atoms with Crippen molar-refractivity contribution in [2.24, 2.45) is 0 Å². The molecule has 0 bridgehead atoms. The van der Waals surface area contributed by atoms with Crippen molar-refractivity contribution in [2.75, 3.05) is 25.5 Å². The molecule has 1 heterocycles. The largest absolute Gasteiger partial charge is 0.325 e. The Kier molecular flexibility index (Phi) is 5.70. The molecule has 2 atom stereocenters. The molecule has 4 nitrogen and oxygen atoms in total. The van der Waals surface area contributed by atoms with Crippen LogP contribution < -0.4 is 10.6 Å². The molecule has 1 fully saturated rings. The smallest absolute Gasteiger partial charge is 0.238 e. The maximum atomic E-state index is 13.1. The van der Waals surface area contributed by atoms with Crippen LogP contribution in [0.25, 0.3) is 0 Å². The molecular formula is C16H24FN3O. The van der Waals surface area contributed by atoms with E-state index in [0.717, 1.165) is 19.4 Å². The monoisotopic (exact) mass is 293 g/mol. The van der Waals surface area contributed by atoms with Crippen LogP contribution in [0.15, 0.2) is 24.3 Å². The number of nitrogens with one attached hydrogen (secondary N) is 2. The second kappa shape index (κ2) is 7.52. The molecule has 1 amide bonds. The van der Waals surface area contributed by atoms with E-state index in [1.165, 1.54) is 18.6 Å². The van der Waals surface area contributed by atoms with Crippen LogP contribution in [0.4, 0.5) is 10.1 Å². The summed E-state index contributed by atoms with van der Waals surface area (Å²) in [5.74, 6) is -0.428. The Hall–Kier alpha value is -1.46. The van der Waals surface area contributed by atoms with Crippen molar-refractivity contribution in [3.05, 3.63) is 30.1 Å². The number of hydrogen-bond acceptors (Lipinski definition) is 3. The van der Waals surface area contributed by atoms with Gasteiger partial charge in [-0.1, -0.05) is 12.5 Å². The maximum Gasteiger partial charge on any atom is 0.238 e. The number of benzene rings is 1. The quantitative estimate of drug-likeness (QED) is 0.875. The molecule has 21 heavy (non-hydrogen) atoms. The highest BCUT2D eigenvalue weighted by Gasteiger charge is 2.27. The third kappa shape index (κ3) is 4.51. The zero-order chi connectivity index (χ0) is 15.2. The second-order valence-corrected chi connectivity index (χ2v) is 5.67. The number of rotatable bonds is 5. The Labute approximate surface area is 125 Å². The number of amides is 1. The zero-order valence-electron chi connectivity index (χ0n) is 12.7. The zero-order valence-corrected chi connectivity index (χ0v) is 12.7. The van der Waals surface area contributed by atoms with Crippen LogP contribution in [0, 0.1) is 5.82 Å². The maximum absolute atomic E-state index is 13.1. The summed E-state index contributed by atoms with van der Waals surface area (Å²) < 4.78 is 13.1. The van der Waals surface area contributed by atoms with E-state index in [9.17, 15) is 9.18 Å². The van der Waals surface area contributed by atoms with Gasteiger partial charge in [-0.15, -0.1) is 0 Å². The number of anilines is 1. The van der Waals surface area contributed by atoms with Crippen LogP contribution in [0.1, 0.15) is 26.2 Å². The highest BCUT2D eigenvalue weighted by Crippen LogP contribution is 2.19. The molecule has 2 unspecified atom stereocenters. The molecule has 1 aromatic carbocycles. The van der Waals surface area contributed by atoms with E-state index in [4.69, 9.17) is 0 Å². The molecule has 5 heteroatoms. The summed E-state index contributed by atoms with van der Waals surface area (Å²) >= 11 is 0. The highest BCUT2D eigenvalue weighted by atomic mass is 19.1. The number of carbonyl (C=O) groups is 1. The lowest BCUT2D eigenvalue weighted by Crippen LogP contribution is -2.52. The van der Waals surface area contributed by atoms with Gasteiger partial charge >= 0.3 is 0 Å². The Morgan fingerprint density at radius 2 is 2.29 bits per heavy atom. The first kappa shape index (κ1) is 15.9. The highest BCUT2D eigenvalue weighted by molar-refractivity contribution is 5.92. The van der Waals surface area contributed by atoms with E-state index in [1.807, 2.05) is 7.05 Å². The van der Waals surface area contributed by atoms with E-state index in [1.54, 1.807) is 12.1 Å². The summed E-state index contributed by atoms with van der Waals surface area (Å²) in [4.78, 5) is 14.4. The average Bonchev–Trinajstić information content (AvgIpc) is 2.47. The third-order valence-electron chi connectivity index (χ3n) is 4.15. The summed E-state index contributed by atoms with van der Waals surface area (Å²) in [5.41, 5.74) is 0.509. The lowest BCUT2D eigenvalue weighted by Gasteiger charge is -2.38. The van der Waals surface area contributed by atoms with E-state index in [2.05, 4.69) is 22.5 Å². The van der Waals surface area contributed by atoms with Crippen molar-refractivity contribution in [3.8, 4) is 0 Å². The average molecular weight is 293 g/mol. The van der Waals surface area contributed by atoms with Gasteiger partial charge in [-0.3, -0.25) is 9.69 Å². The second-order valence-electron chi connectivity index (χ2n) is 5.67. The summed E-state index contributed by atoms with van der Waals surface area (Å²) in [5, 5.41) is 6.04. The van der Waals surface area contributed by atoms with Crippen LogP contribution in [-0.4, -0.2) is 43.0 Å². The van der Waals surface area contributed by atoms with E-state index in [-0.39, 0.29) is 11.7 Å². The van der Waals surface area contributed by atoms with Crippen molar-refractivity contribution in [1.29, 1.82) is 0 Å². The van der Waals surface area contributed by atoms with Crippen LogP contribution >= 0.6 is 0 Å². The molecule has 0 aromatic heterocycles. The van der Waals surface area contributed by atoms with Crippen molar-refractivity contribution in [2.45, 2.75) is 38.3 Å². The minimum absolute atomic E-state index is 0.0872. The predicted octanol–water partition coefficient (Wildman–Crippen LogP) is 2.23. The van der Waals surface area contributed by atoms with E-state index >= 15 is 0 Å². The van der Waals surface area contributed by atoms with E-state index in [0.29, 0.717) is 24.3 Å². The van der Waals surface area contributed by atoms with Crippen LogP contribution in [0.2, 0.25) is 0 Å². The Bertz CT molecular complexity index is 480. The van der Waals surface area contributed by atoms with Crippen molar-refractivity contribution >= 4 is 11.6 Å². The molecule has 1 aromatic rings. The first-order chi connectivity index (χ1) is 10.1. The number of likely N-dealkylation sites (N-methyl/N-ethyl adjacent to an activating group) is 1. The molecular weight excluding hydrogens is 269 g/mol. The van der Waals surface area contributed by atoms with Crippen molar-refractivity contribution in [3.63, 3.8) is 0 Å². The molecule has 2 rings (SSSR count). The molecule has 1 aliphatic rings.